The second-order valence-corrected chi connectivity index (χ2v) is 6.91. The van der Waals surface area contributed by atoms with Gasteiger partial charge in [-0.05, 0) is 38.3 Å². The quantitative estimate of drug-likeness (QED) is 0.695. The van der Waals surface area contributed by atoms with Crippen LogP contribution in [0.1, 0.15) is 41.1 Å². The number of nitrogens with one attached hydrogen (secondary N) is 1. The van der Waals surface area contributed by atoms with Gasteiger partial charge in [-0.2, -0.15) is 0 Å². The number of aromatic nitrogens is 2. The number of aliphatic hydroxyl groups is 1. The third-order valence-electron chi connectivity index (χ3n) is 5.04. The zero-order chi connectivity index (χ0) is 18.9. The van der Waals surface area contributed by atoms with Gasteiger partial charge in [-0.25, -0.2) is 4.98 Å². The fourth-order valence-electron chi connectivity index (χ4n) is 3.33. The van der Waals surface area contributed by atoms with Crippen molar-refractivity contribution in [3.8, 4) is 5.88 Å². The maximum absolute atomic E-state index is 12.8. The first-order chi connectivity index (χ1) is 13.1. The van der Waals surface area contributed by atoms with E-state index in [9.17, 15) is 9.90 Å². The van der Waals surface area contributed by atoms with E-state index in [0.29, 0.717) is 28.2 Å². The number of aryl methyl sites for hydroxylation is 1. The smallest absolute Gasteiger partial charge is 0.255 e. The van der Waals surface area contributed by atoms with Gasteiger partial charge in [0.25, 0.3) is 5.91 Å². The summed E-state index contributed by atoms with van der Waals surface area (Å²) in [6.45, 7) is 1.97. The van der Waals surface area contributed by atoms with Crippen LogP contribution in [0.15, 0.2) is 41.1 Å². The number of fused-ring (bicyclic) bond motifs is 1. The second kappa shape index (κ2) is 7.00. The van der Waals surface area contributed by atoms with Gasteiger partial charge in [0.1, 0.15) is 12.4 Å². The number of carbonyl (C=O) groups excluding carboxylic acids is 1. The molecular weight excluding hydrogens is 346 g/mol. The van der Waals surface area contributed by atoms with Crippen molar-refractivity contribution < 1.29 is 19.1 Å². The lowest BCUT2D eigenvalue weighted by Gasteiger charge is -2.40. The van der Waals surface area contributed by atoms with Crippen molar-refractivity contribution in [2.24, 2.45) is 0 Å². The van der Waals surface area contributed by atoms with E-state index in [1.165, 1.54) is 0 Å². The van der Waals surface area contributed by atoms with Crippen LogP contribution in [0.3, 0.4) is 0 Å². The minimum absolute atomic E-state index is 0.0619. The van der Waals surface area contributed by atoms with Gasteiger partial charge >= 0.3 is 0 Å². The van der Waals surface area contributed by atoms with Crippen LogP contribution in [-0.4, -0.2) is 33.1 Å². The summed E-state index contributed by atoms with van der Waals surface area (Å²) in [7, 11) is 0. The number of ether oxygens (including phenoxy) is 1. The van der Waals surface area contributed by atoms with E-state index >= 15 is 0 Å². The number of nitrogens with zero attached hydrogens (tertiary/aromatic N) is 2. The largest absolute Gasteiger partial charge is 0.471 e. The molecule has 0 unspecified atom stereocenters. The highest BCUT2D eigenvalue weighted by atomic mass is 16.5. The first-order valence-corrected chi connectivity index (χ1v) is 8.95. The molecular formula is C20H21N3O4. The van der Waals surface area contributed by atoms with Crippen LogP contribution in [0, 0.1) is 6.92 Å². The Morgan fingerprint density at radius 3 is 2.89 bits per heavy atom. The molecule has 1 fully saturated rings. The minimum atomic E-state index is -0.515. The molecule has 27 heavy (non-hydrogen) atoms. The van der Waals surface area contributed by atoms with E-state index in [1.807, 2.05) is 18.2 Å². The van der Waals surface area contributed by atoms with Crippen LogP contribution < -0.4 is 10.1 Å². The fraction of sp³-hybridized carbons (Fsp3) is 0.350. The first-order valence-electron chi connectivity index (χ1n) is 8.95. The average Bonchev–Trinajstić information content (AvgIpc) is 2.99. The number of furan rings is 1. The Hall–Kier alpha value is -2.93. The van der Waals surface area contributed by atoms with Gasteiger partial charge < -0.3 is 19.6 Å². The van der Waals surface area contributed by atoms with Crippen molar-refractivity contribution in [2.45, 2.75) is 38.3 Å². The number of hydrogen-bond acceptors (Lipinski definition) is 6. The molecule has 3 aromatic rings. The van der Waals surface area contributed by atoms with E-state index in [4.69, 9.17) is 9.15 Å². The summed E-state index contributed by atoms with van der Waals surface area (Å²) in [5.41, 5.74) is 1.25. The van der Waals surface area contributed by atoms with Crippen molar-refractivity contribution >= 4 is 16.9 Å². The molecule has 0 saturated heterocycles. The molecule has 7 nitrogen and oxygen atoms in total. The molecule has 0 radical (unpaired) electrons. The maximum atomic E-state index is 12.8. The summed E-state index contributed by atoms with van der Waals surface area (Å²) in [5.74, 6) is 0.656. The summed E-state index contributed by atoms with van der Waals surface area (Å²) in [6.07, 6.45) is 5.82. The number of pyridine rings is 2. The predicted molar refractivity (Wildman–Crippen MR) is 98.4 cm³/mol. The molecule has 7 heteroatoms. The first kappa shape index (κ1) is 17.5. The third-order valence-corrected chi connectivity index (χ3v) is 5.04. The highest BCUT2D eigenvalue weighted by Gasteiger charge is 2.38. The lowest BCUT2D eigenvalue weighted by atomic mass is 9.77. The summed E-state index contributed by atoms with van der Waals surface area (Å²) in [6, 6.07) is 7.30. The maximum Gasteiger partial charge on any atom is 0.255 e. The second-order valence-electron chi connectivity index (χ2n) is 6.91. The van der Waals surface area contributed by atoms with Gasteiger partial charge in [0, 0.05) is 17.6 Å². The molecule has 0 aliphatic heterocycles. The van der Waals surface area contributed by atoms with Gasteiger partial charge in [0.15, 0.2) is 5.58 Å². The molecule has 3 aromatic heterocycles. The molecule has 2 N–H and O–H groups in total. The van der Waals surface area contributed by atoms with Crippen LogP contribution in [0.2, 0.25) is 0 Å². The van der Waals surface area contributed by atoms with Crippen molar-refractivity contribution in [3.05, 3.63) is 53.7 Å². The molecule has 0 atom stereocenters. The number of rotatable bonds is 6. The normalized spacial score (nSPS) is 15.3. The van der Waals surface area contributed by atoms with E-state index in [2.05, 4.69) is 15.3 Å². The Balaban J connectivity index is 1.59. The minimum Gasteiger partial charge on any atom is -0.471 e. The summed E-state index contributed by atoms with van der Waals surface area (Å²) < 4.78 is 11.4. The van der Waals surface area contributed by atoms with Crippen LogP contribution in [0.25, 0.3) is 11.0 Å². The van der Waals surface area contributed by atoms with Crippen LogP contribution in [0.5, 0.6) is 5.88 Å². The fourth-order valence-corrected chi connectivity index (χ4v) is 3.33. The Labute approximate surface area is 156 Å². The number of amides is 1. The molecule has 0 aromatic carbocycles. The Kier molecular flexibility index (Phi) is 4.53. The highest BCUT2D eigenvalue weighted by Crippen LogP contribution is 2.33. The summed E-state index contributed by atoms with van der Waals surface area (Å²) in [4.78, 5) is 21.3. The molecule has 1 amide bonds. The van der Waals surface area contributed by atoms with Gasteiger partial charge in [-0.15, -0.1) is 0 Å². The molecule has 4 rings (SSSR count). The Bertz CT molecular complexity index is 959. The number of aliphatic hydroxyl groups excluding tert-OH is 1. The monoisotopic (exact) mass is 367 g/mol. The lowest BCUT2D eigenvalue weighted by Crippen LogP contribution is -2.56. The molecule has 3 heterocycles. The van der Waals surface area contributed by atoms with E-state index in [-0.39, 0.29) is 19.1 Å². The zero-order valence-corrected chi connectivity index (χ0v) is 15.1. The molecule has 1 saturated carbocycles. The van der Waals surface area contributed by atoms with E-state index in [0.717, 1.165) is 25.0 Å². The van der Waals surface area contributed by atoms with Gasteiger partial charge in [-0.3, -0.25) is 9.78 Å². The summed E-state index contributed by atoms with van der Waals surface area (Å²) >= 11 is 0. The number of carbonyl (C=O) groups is 1. The van der Waals surface area contributed by atoms with Crippen molar-refractivity contribution in [3.63, 3.8) is 0 Å². The van der Waals surface area contributed by atoms with E-state index in [1.54, 1.807) is 25.4 Å². The van der Waals surface area contributed by atoms with Gasteiger partial charge in [-0.1, -0.05) is 6.07 Å². The van der Waals surface area contributed by atoms with Crippen LogP contribution >= 0.6 is 0 Å². The van der Waals surface area contributed by atoms with Crippen LogP contribution in [0.4, 0.5) is 0 Å². The van der Waals surface area contributed by atoms with E-state index < -0.39 is 5.54 Å². The Morgan fingerprint density at radius 2 is 2.22 bits per heavy atom. The molecule has 1 aliphatic carbocycles. The van der Waals surface area contributed by atoms with Gasteiger partial charge in [0.05, 0.1) is 29.6 Å². The molecule has 1 aliphatic rings. The van der Waals surface area contributed by atoms with Crippen molar-refractivity contribution in [1.82, 2.24) is 15.3 Å². The topological polar surface area (TPSA) is 97.5 Å². The predicted octanol–water partition coefficient (Wildman–Crippen LogP) is 2.76. The van der Waals surface area contributed by atoms with Crippen LogP contribution in [-0.2, 0) is 6.61 Å². The molecule has 0 bridgehead atoms. The summed E-state index contributed by atoms with van der Waals surface area (Å²) in [5, 5.41) is 13.2. The highest BCUT2D eigenvalue weighted by molar-refractivity contribution is 6.07. The Morgan fingerprint density at radius 1 is 1.37 bits per heavy atom. The third kappa shape index (κ3) is 3.38. The molecule has 0 spiro atoms. The molecule has 140 valence electrons. The SMILES string of the molecule is Cc1oc2cnc(OCc3ccccn3)cc2c1C(=O)NC1(CO)CCC1. The number of hydrogen-bond donors (Lipinski definition) is 2. The standard InChI is InChI=1S/C20H21N3O4/c1-13-18(19(25)23-20(12-24)6-4-7-20)15-9-17(22-10-16(15)27-13)26-11-14-5-2-3-8-21-14/h2-3,5,8-10,24H,4,6-7,11-12H2,1H3,(H,23,25). The lowest BCUT2D eigenvalue weighted by molar-refractivity contribution is 0.0641. The van der Waals surface area contributed by atoms with Crippen molar-refractivity contribution in [2.75, 3.05) is 6.61 Å². The average molecular weight is 367 g/mol. The zero-order valence-electron chi connectivity index (χ0n) is 15.1. The van der Waals surface area contributed by atoms with Gasteiger partial charge in [0.2, 0.25) is 5.88 Å². The van der Waals surface area contributed by atoms with Crippen molar-refractivity contribution in [1.29, 1.82) is 0 Å².